The van der Waals surface area contributed by atoms with E-state index in [1.807, 2.05) is 6.92 Å². The average Bonchev–Trinajstić information content (AvgIpc) is 3.21. The van der Waals surface area contributed by atoms with Crippen molar-refractivity contribution >= 4 is 29.2 Å². The van der Waals surface area contributed by atoms with Crippen molar-refractivity contribution in [2.75, 3.05) is 13.2 Å². The van der Waals surface area contributed by atoms with Gasteiger partial charge >= 0.3 is 5.97 Å². The molecule has 0 fully saturated rings. The first kappa shape index (κ1) is 27.8. The molecule has 0 saturated heterocycles. The average molecular weight is 523 g/mol. The molecule has 0 bridgehead atoms. The maximum atomic E-state index is 11.6. The first-order valence-corrected chi connectivity index (χ1v) is 13.1. The molecule has 3 rings (SSSR count). The van der Waals surface area contributed by atoms with Crippen LogP contribution in [0, 0.1) is 5.92 Å². The summed E-state index contributed by atoms with van der Waals surface area (Å²) in [6.07, 6.45) is 2.69. The van der Waals surface area contributed by atoms with Gasteiger partial charge in [-0.05, 0) is 82.1 Å². The number of benzene rings is 2. The second kappa shape index (κ2) is 12.4. The fourth-order valence-electron chi connectivity index (χ4n) is 4.74. The van der Waals surface area contributed by atoms with E-state index in [4.69, 9.17) is 32.7 Å². The molecule has 5 nitrogen and oxygen atoms in total. The van der Waals surface area contributed by atoms with E-state index in [2.05, 4.69) is 43.4 Å². The van der Waals surface area contributed by atoms with Crippen LogP contribution in [0.4, 0.5) is 0 Å². The molecule has 1 aliphatic rings. The van der Waals surface area contributed by atoms with Gasteiger partial charge in [-0.25, -0.2) is 0 Å². The molecule has 2 atom stereocenters. The zero-order valence-electron chi connectivity index (χ0n) is 21.1. The van der Waals surface area contributed by atoms with Gasteiger partial charge in [0, 0.05) is 18.5 Å². The first-order chi connectivity index (χ1) is 16.6. The standard InChI is InChI=1S/C28H37Cl2NO4/c1-5-34-25(33)13-11-20-10-12-24(27(30)26(20)29)35-18(2)23(32)17-31-28(3,4)16-19-14-21-8-6-7-9-22(21)15-19/h6-10,12,18-19,23,31-32H,5,11,13-17H2,1-4H3/t18-,23+/m1/s1. The summed E-state index contributed by atoms with van der Waals surface area (Å²) < 4.78 is 10.9. The number of ether oxygens (including phenoxy) is 2. The molecule has 0 spiro atoms. The summed E-state index contributed by atoms with van der Waals surface area (Å²) in [5.41, 5.74) is 3.55. The minimum atomic E-state index is -0.728. The van der Waals surface area contributed by atoms with Crippen molar-refractivity contribution in [1.82, 2.24) is 5.32 Å². The number of hydrogen-bond acceptors (Lipinski definition) is 5. The predicted molar refractivity (Wildman–Crippen MR) is 142 cm³/mol. The molecule has 0 aromatic heterocycles. The van der Waals surface area contributed by atoms with Crippen molar-refractivity contribution in [3.63, 3.8) is 0 Å². The Morgan fingerprint density at radius 2 is 1.80 bits per heavy atom. The van der Waals surface area contributed by atoms with Gasteiger partial charge < -0.3 is 19.9 Å². The highest BCUT2D eigenvalue weighted by molar-refractivity contribution is 6.43. The van der Waals surface area contributed by atoms with Crippen molar-refractivity contribution < 1.29 is 19.4 Å². The highest BCUT2D eigenvalue weighted by Crippen LogP contribution is 2.36. The number of nitrogens with one attached hydrogen (secondary N) is 1. The molecule has 0 amide bonds. The second-order valence-electron chi connectivity index (χ2n) is 10.1. The Morgan fingerprint density at radius 3 is 2.43 bits per heavy atom. The highest BCUT2D eigenvalue weighted by atomic mass is 35.5. The zero-order chi connectivity index (χ0) is 25.6. The Balaban J connectivity index is 1.49. The summed E-state index contributed by atoms with van der Waals surface area (Å²) >= 11 is 12.9. The van der Waals surface area contributed by atoms with Crippen molar-refractivity contribution in [3.8, 4) is 5.75 Å². The van der Waals surface area contributed by atoms with E-state index >= 15 is 0 Å². The number of rotatable bonds is 12. The Morgan fingerprint density at radius 1 is 1.14 bits per heavy atom. The molecule has 35 heavy (non-hydrogen) atoms. The third-order valence-electron chi connectivity index (χ3n) is 6.61. The summed E-state index contributed by atoms with van der Waals surface area (Å²) in [5, 5.41) is 14.9. The smallest absolute Gasteiger partial charge is 0.306 e. The summed E-state index contributed by atoms with van der Waals surface area (Å²) in [5.74, 6) is 0.736. The molecule has 0 saturated carbocycles. The number of aryl methyl sites for hydroxylation is 1. The molecule has 2 N–H and O–H groups in total. The van der Waals surface area contributed by atoms with Gasteiger partial charge in [0.05, 0.1) is 11.6 Å². The van der Waals surface area contributed by atoms with Gasteiger partial charge in [0.25, 0.3) is 0 Å². The lowest BCUT2D eigenvalue weighted by molar-refractivity contribution is -0.143. The van der Waals surface area contributed by atoms with Crippen LogP contribution in [0.5, 0.6) is 5.75 Å². The fourth-order valence-corrected chi connectivity index (χ4v) is 5.22. The largest absolute Gasteiger partial charge is 0.486 e. The maximum Gasteiger partial charge on any atom is 0.306 e. The van der Waals surface area contributed by atoms with E-state index in [-0.39, 0.29) is 23.0 Å². The van der Waals surface area contributed by atoms with Crippen molar-refractivity contribution in [3.05, 3.63) is 63.1 Å². The van der Waals surface area contributed by atoms with Crippen LogP contribution in [0.2, 0.25) is 10.0 Å². The lowest BCUT2D eigenvalue weighted by atomic mass is 9.88. The van der Waals surface area contributed by atoms with Gasteiger partial charge in [-0.1, -0.05) is 53.5 Å². The van der Waals surface area contributed by atoms with Crippen LogP contribution in [0.25, 0.3) is 0 Å². The molecule has 2 aromatic rings. The van der Waals surface area contributed by atoms with E-state index in [0.717, 1.165) is 24.8 Å². The van der Waals surface area contributed by atoms with Crippen molar-refractivity contribution in [2.24, 2.45) is 5.92 Å². The molecule has 7 heteroatoms. The molecule has 0 radical (unpaired) electrons. The molecular formula is C28H37Cl2NO4. The number of aliphatic hydroxyl groups is 1. The molecule has 0 unspecified atom stereocenters. The van der Waals surface area contributed by atoms with E-state index in [1.54, 1.807) is 19.1 Å². The Hall–Kier alpha value is -1.79. The summed E-state index contributed by atoms with van der Waals surface area (Å²) in [6, 6.07) is 12.2. The van der Waals surface area contributed by atoms with Crippen LogP contribution in [0.15, 0.2) is 36.4 Å². The summed E-state index contributed by atoms with van der Waals surface area (Å²) in [7, 11) is 0. The summed E-state index contributed by atoms with van der Waals surface area (Å²) in [4.78, 5) is 11.6. The Bertz CT molecular complexity index is 985. The molecular weight excluding hydrogens is 485 g/mol. The van der Waals surface area contributed by atoms with E-state index in [1.165, 1.54) is 11.1 Å². The van der Waals surface area contributed by atoms with E-state index in [9.17, 15) is 9.90 Å². The number of carbonyl (C=O) groups is 1. The molecule has 1 aliphatic carbocycles. The third kappa shape index (κ3) is 7.85. The van der Waals surface area contributed by atoms with Gasteiger partial charge in [-0.15, -0.1) is 0 Å². The van der Waals surface area contributed by atoms with Crippen LogP contribution in [0.3, 0.4) is 0 Å². The van der Waals surface area contributed by atoms with Crippen LogP contribution in [-0.4, -0.2) is 42.0 Å². The number of carbonyl (C=O) groups excluding carboxylic acids is 1. The lowest BCUT2D eigenvalue weighted by Gasteiger charge is -2.32. The minimum Gasteiger partial charge on any atom is -0.486 e. The normalized spacial score (nSPS) is 15.5. The lowest BCUT2D eigenvalue weighted by Crippen LogP contribution is -2.48. The van der Waals surface area contributed by atoms with Gasteiger partial charge in [-0.2, -0.15) is 0 Å². The predicted octanol–water partition coefficient (Wildman–Crippen LogP) is 5.79. The topological polar surface area (TPSA) is 67.8 Å². The Labute approximate surface area is 219 Å². The van der Waals surface area contributed by atoms with E-state index < -0.39 is 12.2 Å². The number of β-amino-alcohol motifs (C(OH)–C–C–N with tert-alkyl or cyclic N) is 1. The van der Waals surface area contributed by atoms with E-state index in [0.29, 0.717) is 36.3 Å². The summed E-state index contributed by atoms with van der Waals surface area (Å²) in [6.45, 7) is 8.69. The third-order valence-corrected chi connectivity index (χ3v) is 7.51. The zero-order valence-corrected chi connectivity index (χ0v) is 22.6. The van der Waals surface area contributed by atoms with Gasteiger partial charge in [-0.3, -0.25) is 4.79 Å². The molecule has 0 heterocycles. The minimum absolute atomic E-state index is 0.116. The molecule has 2 aromatic carbocycles. The monoisotopic (exact) mass is 521 g/mol. The number of halogens is 2. The van der Waals surface area contributed by atoms with Crippen molar-refractivity contribution in [1.29, 1.82) is 0 Å². The SMILES string of the molecule is CCOC(=O)CCc1ccc(O[C@H](C)[C@@H](O)CNC(C)(C)CC2Cc3ccccc3C2)c(Cl)c1Cl. The van der Waals surface area contributed by atoms with Gasteiger partial charge in [0.1, 0.15) is 23.0 Å². The number of esters is 1. The van der Waals surface area contributed by atoms with Crippen molar-refractivity contribution in [2.45, 2.75) is 77.5 Å². The van der Waals surface area contributed by atoms with Crippen LogP contribution in [0.1, 0.15) is 57.2 Å². The maximum absolute atomic E-state index is 11.6. The first-order valence-electron chi connectivity index (χ1n) is 12.4. The number of hydrogen-bond donors (Lipinski definition) is 2. The van der Waals surface area contributed by atoms with Gasteiger partial charge in [0.15, 0.2) is 0 Å². The Kier molecular flexibility index (Phi) is 9.88. The fraction of sp³-hybridized carbons (Fsp3) is 0.536. The highest BCUT2D eigenvalue weighted by Gasteiger charge is 2.29. The number of fused-ring (bicyclic) bond motifs is 1. The van der Waals surface area contributed by atoms with Crippen LogP contribution < -0.4 is 10.1 Å². The molecule has 0 aliphatic heterocycles. The van der Waals surface area contributed by atoms with Crippen LogP contribution in [-0.2, 0) is 28.8 Å². The quantitative estimate of drug-likeness (QED) is 0.346. The molecule has 192 valence electrons. The second-order valence-corrected chi connectivity index (χ2v) is 10.8. The number of aliphatic hydroxyl groups excluding tert-OH is 1. The van der Waals surface area contributed by atoms with Crippen LogP contribution >= 0.6 is 23.2 Å². The van der Waals surface area contributed by atoms with Gasteiger partial charge in [0.2, 0.25) is 0 Å².